The predicted octanol–water partition coefficient (Wildman–Crippen LogP) is 2.81. The van der Waals surface area contributed by atoms with Gasteiger partial charge in [0.25, 0.3) is 5.91 Å². The van der Waals surface area contributed by atoms with Gasteiger partial charge in [0.2, 0.25) is 0 Å². The summed E-state index contributed by atoms with van der Waals surface area (Å²) >= 11 is 0. The summed E-state index contributed by atoms with van der Waals surface area (Å²) in [6.07, 6.45) is 3.31. The Bertz CT molecular complexity index is 869. The Labute approximate surface area is 138 Å². The van der Waals surface area contributed by atoms with Crippen molar-refractivity contribution in [2.75, 3.05) is 20.3 Å². The van der Waals surface area contributed by atoms with Crippen molar-refractivity contribution in [1.82, 2.24) is 15.3 Å². The zero-order valence-corrected chi connectivity index (χ0v) is 13.1. The molecule has 0 bridgehead atoms. The molecule has 2 aromatic heterocycles. The molecule has 0 atom stereocenters. The number of pyridine rings is 2. The van der Waals surface area contributed by atoms with Crippen LogP contribution in [0.25, 0.3) is 22.2 Å². The van der Waals surface area contributed by atoms with Crippen molar-refractivity contribution in [3.05, 3.63) is 60.2 Å². The molecule has 122 valence electrons. The van der Waals surface area contributed by atoms with E-state index >= 15 is 0 Å². The van der Waals surface area contributed by atoms with Crippen LogP contribution in [0.4, 0.5) is 4.39 Å². The average molecular weight is 325 g/mol. The number of halogens is 1. The van der Waals surface area contributed by atoms with E-state index in [0.29, 0.717) is 35.3 Å². The standard InChI is InChI=1S/C18H16FN3O2/c1-24-9-8-21-18(23)15-11-17(12-4-6-20-7-5-12)22-16-3-2-13(19)10-14(15)16/h2-7,10-11H,8-9H2,1H3,(H,21,23). The van der Waals surface area contributed by atoms with E-state index in [1.165, 1.54) is 12.1 Å². The van der Waals surface area contributed by atoms with E-state index in [2.05, 4.69) is 15.3 Å². The fraction of sp³-hybridized carbons (Fsp3) is 0.167. The summed E-state index contributed by atoms with van der Waals surface area (Å²) in [7, 11) is 1.56. The van der Waals surface area contributed by atoms with Crippen LogP contribution in [0.2, 0.25) is 0 Å². The van der Waals surface area contributed by atoms with Crippen LogP contribution in [0.5, 0.6) is 0 Å². The highest BCUT2D eigenvalue weighted by Crippen LogP contribution is 2.25. The number of nitrogens with one attached hydrogen (secondary N) is 1. The van der Waals surface area contributed by atoms with Gasteiger partial charge in [0.05, 0.1) is 23.4 Å². The van der Waals surface area contributed by atoms with Gasteiger partial charge in [0.1, 0.15) is 5.82 Å². The van der Waals surface area contributed by atoms with Crippen LogP contribution in [-0.2, 0) is 4.74 Å². The lowest BCUT2D eigenvalue weighted by Gasteiger charge is -2.10. The summed E-state index contributed by atoms with van der Waals surface area (Å²) in [5.41, 5.74) is 2.40. The van der Waals surface area contributed by atoms with Gasteiger partial charge in [-0.1, -0.05) is 0 Å². The van der Waals surface area contributed by atoms with Crippen molar-refractivity contribution < 1.29 is 13.9 Å². The number of nitrogens with zero attached hydrogens (tertiary/aromatic N) is 2. The maximum Gasteiger partial charge on any atom is 0.252 e. The Kier molecular flexibility index (Phi) is 4.77. The first kappa shape index (κ1) is 16.0. The second kappa shape index (κ2) is 7.14. The minimum absolute atomic E-state index is 0.291. The Morgan fingerprint density at radius 1 is 1.21 bits per heavy atom. The monoisotopic (exact) mass is 325 g/mol. The Hall–Kier alpha value is -2.86. The second-order valence-electron chi connectivity index (χ2n) is 5.20. The van der Waals surface area contributed by atoms with Gasteiger partial charge in [-0.25, -0.2) is 9.37 Å². The van der Waals surface area contributed by atoms with Crippen molar-refractivity contribution in [3.63, 3.8) is 0 Å². The van der Waals surface area contributed by atoms with Crippen LogP contribution >= 0.6 is 0 Å². The molecule has 1 amide bonds. The predicted molar refractivity (Wildman–Crippen MR) is 89.1 cm³/mol. The quantitative estimate of drug-likeness (QED) is 0.733. The molecule has 1 aromatic carbocycles. The molecule has 0 aliphatic rings. The Morgan fingerprint density at radius 2 is 2.00 bits per heavy atom. The summed E-state index contributed by atoms with van der Waals surface area (Å²) in [6, 6.07) is 9.51. The van der Waals surface area contributed by atoms with Crippen LogP contribution in [0, 0.1) is 5.82 Å². The number of rotatable bonds is 5. The third-order valence-corrected chi connectivity index (χ3v) is 3.58. The van der Waals surface area contributed by atoms with Crippen LogP contribution in [0.15, 0.2) is 48.8 Å². The lowest BCUT2D eigenvalue weighted by atomic mass is 10.0. The van der Waals surface area contributed by atoms with Gasteiger partial charge in [-0.15, -0.1) is 0 Å². The molecule has 0 aliphatic carbocycles. The molecule has 3 rings (SSSR count). The summed E-state index contributed by atoms with van der Waals surface area (Å²) < 4.78 is 18.6. The van der Waals surface area contributed by atoms with Crippen molar-refractivity contribution in [2.45, 2.75) is 0 Å². The van der Waals surface area contributed by atoms with E-state index in [0.717, 1.165) is 5.56 Å². The fourth-order valence-corrected chi connectivity index (χ4v) is 2.42. The first-order valence-electron chi connectivity index (χ1n) is 7.47. The van der Waals surface area contributed by atoms with Gasteiger partial charge in [-0.3, -0.25) is 9.78 Å². The van der Waals surface area contributed by atoms with Gasteiger partial charge in [-0.05, 0) is 36.4 Å². The van der Waals surface area contributed by atoms with Gasteiger partial charge < -0.3 is 10.1 Å². The Balaban J connectivity index is 2.10. The summed E-state index contributed by atoms with van der Waals surface area (Å²) in [4.78, 5) is 21.0. The molecule has 0 saturated carbocycles. The fourth-order valence-electron chi connectivity index (χ4n) is 2.42. The average Bonchev–Trinajstić information content (AvgIpc) is 2.61. The minimum atomic E-state index is -0.410. The molecule has 0 fully saturated rings. The summed E-state index contributed by atoms with van der Waals surface area (Å²) in [6.45, 7) is 0.777. The van der Waals surface area contributed by atoms with Crippen molar-refractivity contribution in [3.8, 4) is 11.3 Å². The van der Waals surface area contributed by atoms with Crippen molar-refractivity contribution in [1.29, 1.82) is 0 Å². The number of benzene rings is 1. The van der Waals surface area contributed by atoms with Crippen LogP contribution < -0.4 is 5.32 Å². The normalized spacial score (nSPS) is 10.8. The van der Waals surface area contributed by atoms with Crippen molar-refractivity contribution in [2.24, 2.45) is 0 Å². The number of aromatic nitrogens is 2. The molecule has 2 heterocycles. The van der Waals surface area contributed by atoms with Gasteiger partial charge in [0.15, 0.2) is 0 Å². The van der Waals surface area contributed by atoms with E-state index in [-0.39, 0.29) is 5.91 Å². The number of methoxy groups -OCH3 is 1. The molecule has 0 saturated heterocycles. The molecule has 0 spiro atoms. The van der Waals surface area contributed by atoms with E-state index in [1.807, 2.05) is 12.1 Å². The van der Waals surface area contributed by atoms with E-state index in [9.17, 15) is 9.18 Å². The third kappa shape index (κ3) is 3.38. The first-order valence-corrected chi connectivity index (χ1v) is 7.47. The first-order chi connectivity index (χ1) is 11.7. The number of hydrogen-bond acceptors (Lipinski definition) is 4. The highest BCUT2D eigenvalue weighted by atomic mass is 19.1. The highest BCUT2D eigenvalue weighted by Gasteiger charge is 2.14. The summed E-state index contributed by atoms with van der Waals surface area (Å²) in [5.74, 6) is -0.702. The summed E-state index contributed by atoms with van der Waals surface area (Å²) in [5, 5.41) is 3.24. The zero-order valence-electron chi connectivity index (χ0n) is 13.1. The molecule has 0 unspecified atom stereocenters. The number of amides is 1. The highest BCUT2D eigenvalue weighted by molar-refractivity contribution is 6.07. The lowest BCUT2D eigenvalue weighted by molar-refractivity contribution is 0.0938. The van der Waals surface area contributed by atoms with E-state index in [4.69, 9.17) is 4.74 Å². The van der Waals surface area contributed by atoms with E-state index < -0.39 is 5.82 Å². The number of fused-ring (bicyclic) bond motifs is 1. The number of ether oxygens (including phenoxy) is 1. The van der Waals surface area contributed by atoms with Gasteiger partial charge in [-0.2, -0.15) is 0 Å². The number of carbonyl (C=O) groups is 1. The van der Waals surface area contributed by atoms with Crippen LogP contribution in [0.1, 0.15) is 10.4 Å². The molecular weight excluding hydrogens is 309 g/mol. The minimum Gasteiger partial charge on any atom is -0.383 e. The maximum absolute atomic E-state index is 13.6. The lowest BCUT2D eigenvalue weighted by Crippen LogP contribution is -2.27. The Morgan fingerprint density at radius 3 is 2.75 bits per heavy atom. The molecule has 1 N–H and O–H groups in total. The second-order valence-corrected chi connectivity index (χ2v) is 5.20. The third-order valence-electron chi connectivity index (χ3n) is 3.58. The van der Waals surface area contributed by atoms with Crippen molar-refractivity contribution >= 4 is 16.8 Å². The van der Waals surface area contributed by atoms with Crippen LogP contribution in [-0.4, -0.2) is 36.1 Å². The molecule has 5 nitrogen and oxygen atoms in total. The number of carbonyl (C=O) groups excluding carboxylic acids is 1. The molecule has 0 aliphatic heterocycles. The topological polar surface area (TPSA) is 64.1 Å². The maximum atomic E-state index is 13.6. The van der Waals surface area contributed by atoms with Gasteiger partial charge in [0, 0.05) is 37.0 Å². The molecule has 3 aromatic rings. The SMILES string of the molecule is COCCNC(=O)c1cc(-c2ccncc2)nc2ccc(F)cc12. The molecular formula is C18H16FN3O2. The molecule has 6 heteroatoms. The smallest absolute Gasteiger partial charge is 0.252 e. The largest absolute Gasteiger partial charge is 0.383 e. The molecule has 0 radical (unpaired) electrons. The number of hydrogen-bond donors (Lipinski definition) is 1. The zero-order chi connectivity index (χ0) is 16.9. The van der Waals surface area contributed by atoms with E-state index in [1.54, 1.807) is 31.6 Å². The van der Waals surface area contributed by atoms with Gasteiger partial charge >= 0.3 is 0 Å². The van der Waals surface area contributed by atoms with Crippen LogP contribution in [0.3, 0.4) is 0 Å². The molecule has 24 heavy (non-hydrogen) atoms.